The third-order valence-electron chi connectivity index (χ3n) is 3.64. The third-order valence-corrected chi connectivity index (χ3v) is 4.81. The number of fused-ring (bicyclic) bond motifs is 1. The predicted molar refractivity (Wildman–Crippen MR) is 89.2 cm³/mol. The summed E-state index contributed by atoms with van der Waals surface area (Å²) < 4.78 is 5.17. The van der Waals surface area contributed by atoms with Crippen LogP contribution < -0.4 is 0 Å². The highest BCUT2D eigenvalue weighted by Crippen LogP contribution is 2.32. The van der Waals surface area contributed by atoms with E-state index in [0.29, 0.717) is 10.6 Å². The Hall–Kier alpha value is -2.47. The summed E-state index contributed by atoms with van der Waals surface area (Å²) in [5.74, 6) is -0.741. The average Bonchev–Trinajstić information content (AvgIpc) is 3.12. The fourth-order valence-corrected chi connectivity index (χ4v) is 3.79. The lowest BCUT2D eigenvalue weighted by Gasteiger charge is -2.03. The molecule has 0 unspecified atom stereocenters. The summed E-state index contributed by atoms with van der Waals surface area (Å²) in [6, 6.07) is 5.37. The summed E-state index contributed by atoms with van der Waals surface area (Å²) in [5, 5.41) is 0.989. The lowest BCUT2D eigenvalue weighted by molar-refractivity contribution is 0.0478. The van der Waals surface area contributed by atoms with Crippen molar-refractivity contribution in [3.63, 3.8) is 0 Å². The second-order valence-corrected chi connectivity index (χ2v) is 6.40. The zero-order chi connectivity index (χ0) is 16.6. The molecule has 0 aliphatic carbocycles. The van der Waals surface area contributed by atoms with Crippen LogP contribution in [0.3, 0.4) is 0 Å². The molecule has 0 aromatic carbocycles. The minimum absolute atomic E-state index is 0.257. The number of thiophene rings is 1. The van der Waals surface area contributed by atoms with Crippen LogP contribution in [-0.2, 0) is 4.74 Å². The summed E-state index contributed by atoms with van der Waals surface area (Å²) in [6.45, 7) is 5.53. The zero-order valence-electron chi connectivity index (χ0n) is 13.1. The summed E-state index contributed by atoms with van der Waals surface area (Å²) in [6.07, 6.45) is 1.65. The summed E-state index contributed by atoms with van der Waals surface area (Å²) in [4.78, 5) is 32.8. The number of nitrogens with one attached hydrogen (secondary N) is 1. The summed E-state index contributed by atoms with van der Waals surface area (Å²) in [5.41, 5.74) is 3.28. The Balaban J connectivity index is 1.83. The number of pyridine rings is 1. The molecule has 0 aliphatic rings. The molecule has 0 bridgehead atoms. The van der Waals surface area contributed by atoms with Crippen molar-refractivity contribution in [1.29, 1.82) is 0 Å². The lowest BCUT2D eigenvalue weighted by Crippen LogP contribution is -2.14. The number of carbonyl (C=O) groups excluding carboxylic acids is 2. The Morgan fingerprint density at radius 2 is 2.09 bits per heavy atom. The van der Waals surface area contributed by atoms with E-state index in [1.165, 1.54) is 11.3 Å². The monoisotopic (exact) mass is 328 g/mol. The van der Waals surface area contributed by atoms with Crippen LogP contribution in [0.5, 0.6) is 0 Å². The molecule has 6 heteroatoms. The number of hydrogen-bond donors (Lipinski definition) is 1. The van der Waals surface area contributed by atoms with Gasteiger partial charge in [-0.05, 0) is 50.1 Å². The van der Waals surface area contributed by atoms with Crippen LogP contribution in [0.2, 0.25) is 0 Å². The van der Waals surface area contributed by atoms with Crippen LogP contribution in [0, 0.1) is 20.8 Å². The van der Waals surface area contributed by atoms with Crippen LogP contribution in [-0.4, -0.2) is 28.3 Å². The molecule has 0 aliphatic heterocycles. The van der Waals surface area contributed by atoms with Crippen LogP contribution in [0.1, 0.15) is 37.0 Å². The van der Waals surface area contributed by atoms with E-state index in [9.17, 15) is 9.59 Å². The van der Waals surface area contributed by atoms with Crippen molar-refractivity contribution in [3.8, 4) is 0 Å². The molecule has 0 amide bonds. The van der Waals surface area contributed by atoms with Gasteiger partial charge in [0.25, 0.3) is 0 Å². The van der Waals surface area contributed by atoms with Gasteiger partial charge in [-0.1, -0.05) is 0 Å². The highest BCUT2D eigenvalue weighted by atomic mass is 32.1. The number of aromatic amines is 1. The maximum Gasteiger partial charge on any atom is 0.349 e. The quantitative estimate of drug-likeness (QED) is 0.587. The molecule has 0 saturated heterocycles. The zero-order valence-corrected chi connectivity index (χ0v) is 13.9. The molecular formula is C17H16N2O3S. The first-order valence-electron chi connectivity index (χ1n) is 7.18. The van der Waals surface area contributed by atoms with Gasteiger partial charge in [0.2, 0.25) is 5.78 Å². The van der Waals surface area contributed by atoms with Gasteiger partial charge in [-0.3, -0.25) is 4.79 Å². The number of nitrogens with zero attached hydrogens (tertiary/aromatic N) is 1. The normalized spacial score (nSPS) is 10.9. The number of H-pyrrole nitrogens is 1. The first-order valence-corrected chi connectivity index (χ1v) is 8.00. The fraction of sp³-hybridized carbons (Fsp3) is 0.235. The maximum atomic E-state index is 12.3. The number of esters is 1. The number of carbonyl (C=O) groups is 2. The van der Waals surface area contributed by atoms with Gasteiger partial charge in [0.1, 0.15) is 9.71 Å². The molecule has 23 heavy (non-hydrogen) atoms. The van der Waals surface area contributed by atoms with Crippen LogP contribution >= 0.6 is 11.3 Å². The molecular weight excluding hydrogens is 312 g/mol. The van der Waals surface area contributed by atoms with E-state index in [1.807, 2.05) is 26.8 Å². The Morgan fingerprint density at radius 1 is 1.30 bits per heavy atom. The molecule has 0 radical (unpaired) electrons. The molecule has 5 nitrogen and oxygen atoms in total. The van der Waals surface area contributed by atoms with Crippen molar-refractivity contribution >= 4 is 33.3 Å². The van der Waals surface area contributed by atoms with Crippen molar-refractivity contribution in [2.75, 3.05) is 6.61 Å². The van der Waals surface area contributed by atoms with Gasteiger partial charge in [0.05, 0.1) is 5.69 Å². The van der Waals surface area contributed by atoms with Crippen molar-refractivity contribution in [2.24, 2.45) is 0 Å². The molecule has 3 rings (SSSR count). The Labute approximate surface area is 137 Å². The minimum atomic E-state index is -0.484. The lowest BCUT2D eigenvalue weighted by atomic mass is 10.1. The topological polar surface area (TPSA) is 72.1 Å². The number of Topliss-reactive ketones (excluding diaryl/α,β-unsaturated/α-hetero) is 1. The highest BCUT2D eigenvalue weighted by molar-refractivity contribution is 7.20. The molecule has 1 N–H and O–H groups in total. The summed E-state index contributed by atoms with van der Waals surface area (Å²) >= 11 is 1.30. The molecule has 0 saturated carbocycles. The molecule has 3 heterocycles. The van der Waals surface area contributed by atoms with E-state index in [4.69, 9.17) is 4.74 Å². The smallest absolute Gasteiger partial charge is 0.349 e. The Bertz CT molecular complexity index is 894. The number of hydrogen-bond acceptors (Lipinski definition) is 5. The van der Waals surface area contributed by atoms with Gasteiger partial charge in [0, 0.05) is 17.3 Å². The second kappa shape index (κ2) is 5.96. The summed E-state index contributed by atoms with van der Waals surface area (Å²) in [7, 11) is 0. The van der Waals surface area contributed by atoms with E-state index in [2.05, 4.69) is 9.97 Å². The van der Waals surface area contributed by atoms with E-state index in [1.54, 1.807) is 18.3 Å². The second-order valence-electron chi connectivity index (χ2n) is 5.40. The van der Waals surface area contributed by atoms with Gasteiger partial charge in [0.15, 0.2) is 6.61 Å². The first kappa shape index (κ1) is 15.4. The molecule has 118 valence electrons. The van der Waals surface area contributed by atoms with Crippen LogP contribution in [0.15, 0.2) is 24.4 Å². The fourth-order valence-electron chi connectivity index (χ4n) is 2.59. The standard InChI is InChI=1S/C17H16N2O3S/c1-9-7-10(2)19-16-14(9)11(3)15(23-16)17(21)22-8-13(20)12-5-4-6-18-12/h4-7,18H,8H2,1-3H3. The number of aromatic nitrogens is 2. The molecule has 0 fully saturated rings. The van der Waals surface area contributed by atoms with Crippen molar-refractivity contribution in [1.82, 2.24) is 9.97 Å². The predicted octanol–water partition coefficient (Wildman–Crippen LogP) is 3.59. The molecule has 3 aromatic heterocycles. The Kier molecular flexibility index (Phi) is 4.00. The maximum absolute atomic E-state index is 12.3. The molecule has 3 aromatic rings. The number of ketones is 1. The highest BCUT2D eigenvalue weighted by Gasteiger charge is 2.20. The third kappa shape index (κ3) is 2.90. The van der Waals surface area contributed by atoms with Gasteiger partial charge < -0.3 is 9.72 Å². The number of ether oxygens (including phenoxy) is 1. The first-order chi connectivity index (χ1) is 11.0. The molecule has 0 atom stereocenters. The molecule has 0 spiro atoms. The van der Waals surface area contributed by atoms with Crippen molar-refractivity contribution in [3.05, 3.63) is 51.8 Å². The van der Waals surface area contributed by atoms with Crippen molar-refractivity contribution < 1.29 is 14.3 Å². The van der Waals surface area contributed by atoms with E-state index < -0.39 is 5.97 Å². The van der Waals surface area contributed by atoms with E-state index >= 15 is 0 Å². The van der Waals surface area contributed by atoms with E-state index in [-0.39, 0.29) is 12.4 Å². The van der Waals surface area contributed by atoms with Crippen LogP contribution in [0.4, 0.5) is 0 Å². The number of rotatable bonds is 4. The van der Waals surface area contributed by atoms with Gasteiger partial charge >= 0.3 is 5.97 Å². The average molecular weight is 328 g/mol. The Morgan fingerprint density at radius 3 is 2.78 bits per heavy atom. The number of aryl methyl sites for hydroxylation is 3. The van der Waals surface area contributed by atoms with E-state index in [0.717, 1.165) is 27.0 Å². The van der Waals surface area contributed by atoms with Gasteiger partial charge in [-0.15, -0.1) is 11.3 Å². The van der Waals surface area contributed by atoms with Crippen LogP contribution in [0.25, 0.3) is 10.2 Å². The van der Waals surface area contributed by atoms with Crippen molar-refractivity contribution in [2.45, 2.75) is 20.8 Å². The van der Waals surface area contributed by atoms with Gasteiger partial charge in [-0.25, -0.2) is 9.78 Å². The SMILES string of the molecule is Cc1cc(C)c2c(C)c(C(=O)OCC(=O)c3ccc[nH]3)sc2n1. The van der Waals surface area contributed by atoms with Gasteiger partial charge in [-0.2, -0.15) is 0 Å². The largest absolute Gasteiger partial charge is 0.453 e. The minimum Gasteiger partial charge on any atom is -0.453 e.